The number of carbonyl (C=O) groups is 2. The molecular formula is C16H19N3O3. The smallest absolute Gasteiger partial charge is 0.319 e. The molecule has 22 heavy (non-hydrogen) atoms. The summed E-state index contributed by atoms with van der Waals surface area (Å²) in [6.07, 6.45) is 2.51. The first kappa shape index (κ1) is 15.8. The third-order valence-electron chi connectivity index (χ3n) is 4.03. The Morgan fingerprint density at radius 1 is 1.27 bits per heavy atom. The highest BCUT2D eigenvalue weighted by atomic mass is 16.4. The van der Waals surface area contributed by atoms with E-state index in [4.69, 9.17) is 10.4 Å². The largest absolute Gasteiger partial charge is 0.481 e. The van der Waals surface area contributed by atoms with E-state index in [1.807, 2.05) is 13.0 Å². The fourth-order valence-electron chi connectivity index (χ4n) is 2.65. The van der Waals surface area contributed by atoms with E-state index >= 15 is 0 Å². The lowest BCUT2D eigenvalue weighted by Crippen LogP contribution is -2.41. The fourth-order valence-corrected chi connectivity index (χ4v) is 2.65. The Labute approximate surface area is 129 Å². The number of nitrogens with zero attached hydrogens (tertiary/aromatic N) is 1. The molecule has 0 radical (unpaired) electrons. The number of hydrogen-bond donors (Lipinski definition) is 3. The molecule has 1 aliphatic carbocycles. The molecule has 2 amide bonds. The molecule has 0 saturated heterocycles. The monoisotopic (exact) mass is 301 g/mol. The Hall–Kier alpha value is -2.55. The number of urea groups is 1. The number of benzene rings is 1. The molecule has 6 heteroatoms. The number of anilines is 1. The lowest BCUT2D eigenvalue weighted by Gasteiger charge is -2.27. The summed E-state index contributed by atoms with van der Waals surface area (Å²) in [5, 5.41) is 23.5. The standard InChI is InChI=1S/C16H19N3O3/c1-10-2-3-11(9-17)8-14(10)19-16(22)18-13-6-4-12(5-7-13)15(20)21/h2-3,8,12-13H,4-7H2,1H3,(H,20,21)(H2,18,19,22). The normalized spacial score (nSPS) is 20.7. The van der Waals surface area contributed by atoms with E-state index in [0.717, 1.165) is 5.56 Å². The molecule has 1 saturated carbocycles. The second-order valence-electron chi connectivity index (χ2n) is 5.63. The van der Waals surface area contributed by atoms with Crippen LogP contribution in [0.15, 0.2) is 18.2 Å². The van der Waals surface area contributed by atoms with Crippen LogP contribution in [-0.2, 0) is 4.79 Å². The molecule has 0 aromatic heterocycles. The molecule has 3 N–H and O–H groups in total. The van der Waals surface area contributed by atoms with Crippen molar-refractivity contribution in [1.82, 2.24) is 5.32 Å². The number of rotatable bonds is 3. The SMILES string of the molecule is Cc1ccc(C#N)cc1NC(=O)NC1CCC(C(=O)O)CC1. The van der Waals surface area contributed by atoms with Gasteiger partial charge in [0.1, 0.15) is 0 Å². The summed E-state index contributed by atoms with van der Waals surface area (Å²) in [4.78, 5) is 22.9. The van der Waals surface area contributed by atoms with Crippen LogP contribution in [0.5, 0.6) is 0 Å². The van der Waals surface area contributed by atoms with Crippen molar-refractivity contribution in [1.29, 1.82) is 5.26 Å². The van der Waals surface area contributed by atoms with Gasteiger partial charge < -0.3 is 15.7 Å². The van der Waals surface area contributed by atoms with E-state index in [9.17, 15) is 9.59 Å². The van der Waals surface area contributed by atoms with Crippen LogP contribution >= 0.6 is 0 Å². The highest BCUT2D eigenvalue weighted by Gasteiger charge is 2.26. The summed E-state index contributed by atoms with van der Waals surface area (Å²) in [7, 11) is 0. The first-order chi connectivity index (χ1) is 10.5. The predicted molar refractivity (Wildman–Crippen MR) is 81.4 cm³/mol. The molecule has 0 bridgehead atoms. The number of nitriles is 1. The predicted octanol–water partition coefficient (Wildman–Crippen LogP) is 2.63. The van der Waals surface area contributed by atoms with Crippen LogP contribution in [0.3, 0.4) is 0 Å². The maximum Gasteiger partial charge on any atom is 0.319 e. The molecule has 1 aromatic carbocycles. The van der Waals surface area contributed by atoms with Crippen LogP contribution in [0.2, 0.25) is 0 Å². The second-order valence-corrected chi connectivity index (χ2v) is 5.63. The molecule has 0 heterocycles. The maximum atomic E-state index is 12.0. The van der Waals surface area contributed by atoms with Crippen molar-refractivity contribution in [3.05, 3.63) is 29.3 Å². The first-order valence-electron chi connectivity index (χ1n) is 7.30. The number of aliphatic carboxylic acids is 1. The van der Waals surface area contributed by atoms with Crippen LogP contribution in [0.25, 0.3) is 0 Å². The molecule has 1 fully saturated rings. The number of aryl methyl sites for hydroxylation is 1. The summed E-state index contributed by atoms with van der Waals surface area (Å²) in [5.41, 5.74) is 1.97. The Morgan fingerprint density at radius 3 is 2.55 bits per heavy atom. The van der Waals surface area contributed by atoms with Gasteiger partial charge >= 0.3 is 12.0 Å². The molecular weight excluding hydrogens is 282 g/mol. The maximum absolute atomic E-state index is 12.0. The van der Waals surface area contributed by atoms with Gasteiger partial charge in [-0.05, 0) is 50.3 Å². The summed E-state index contributed by atoms with van der Waals surface area (Å²) in [5.74, 6) is -1.05. The Kier molecular flexibility index (Phi) is 4.99. The number of carbonyl (C=O) groups excluding carboxylic acids is 1. The lowest BCUT2D eigenvalue weighted by molar-refractivity contribution is -0.142. The Bertz CT molecular complexity index is 614. The fraction of sp³-hybridized carbons (Fsp3) is 0.438. The second kappa shape index (κ2) is 6.94. The summed E-state index contributed by atoms with van der Waals surface area (Å²) >= 11 is 0. The molecule has 0 spiro atoms. The number of carboxylic acid groups (broad SMARTS) is 1. The summed E-state index contributed by atoms with van der Waals surface area (Å²) in [6.45, 7) is 1.86. The van der Waals surface area contributed by atoms with Gasteiger partial charge in [-0.15, -0.1) is 0 Å². The van der Waals surface area contributed by atoms with Crippen molar-refractivity contribution in [3.63, 3.8) is 0 Å². The van der Waals surface area contributed by atoms with Gasteiger partial charge in [0.25, 0.3) is 0 Å². The minimum atomic E-state index is -0.758. The Morgan fingerprint density at radius 2 is 1.95 bits per heavy atom. The van der Waals surface area contributed by atoms with Gasteiger partial charge in [0.2, 0.25) is 0 Å². The van der Waals surface area contributed by atoms with Gasteiger partial charge in [-0.2, -0.15) is 5.26 Å². The molecule has 2 rings (SSSR count). The van der Waals surface area contributed by atoms with E-state index in [0.29, 0.717) is 36.9 Å². The van der Waals surface area contributed by atoms with Crippen LogP contribution in [0.4, 0.5) is 10.5 Å². The first-order valence-corrected chi connectivity index (χ1v) is 7.30. The lowest BCUT2D eigenvalue weighted by atomic mass is 9.86. The van der Waals surface area contributed by atoms with E-state index in [1.165, 1.54) is 0 Å². The van der Waals surface area contributed by atoms with Gasteiger partial charge in [0.05, 0.1) is 17.6 Å². The van der Waals surface area contributed by atoms with E-state index in [2.05, 4.69) is 10.6 Å². The number of nitrogens with one attached hydrogen (secondary N) is 2. The van der Waals surface area contributed by atoms with E-state index in [1.54, 1.807) is 18.2 Å². The van der Waals surface area contributed by atoms with Crippen molar-refractivity contribution in [3.8, 4) is 6.07 Å². The van der Waals surface area contributed by atoms with Crippen LogP contribution < -0.4 is 10.6 Å². The molecule has 0 unspecified atom stereocenters. The number of hydrogen-bond acceptors (Lipinski definition) is 3. The molecule has 1 aromatic rings. The van der Waals surface area contributed by atoms with Gasteiger partial charge in [-0.3, -0.25) is 4.79 Å². The third kappa shape index (κ3) is 3.98. The van der Waals surface area contributed by atoms with Crippen LogP contribution in [-0.4, -0.2) is 23.1 Å². The number of amides is 2. The molecule has 0 aliphatic heterocycles. The minimum Gasteiger partial charge on any atom is -0.481 e. The average Bonchev–Trinajstić information content (AvgIpc) is 2.50. The Balaban J connectivity index is 1.89. The highest BCUT2D eigenvalue weighted by Crippen LogP contribution is 2.24. The van der Waals surface area contributed by atoms with Crippen molar-refractivity contribution in [2.75, 3.05) is 5.32 Å². The van der Waals surface area contributed by atoms with Gasteiger partial charge in [-0.1, -0.05) is 6.07 Å². The van der Waals surface area contributed by atoms with Gasteiger partial charge in [0, 0.05) is 11.7 Å². The van der Waals surface area contributed by atoms with Crippen LogP contribution in [0, 0.1) is 24.2 Å². The zero-order valence-electron chi connectivity index (χ0n) is 12.4. The minimum absolute atomic E-state index is 0.00458. The third-order valence-corrected chi connectivity index (χ3v) is 4.03. The van der Waals surface area contributed by atoms with Gasteiger partial charge in [0.15, 0.2) is 0 Å². The molecule has 116 valence electrons. The summed E-state index contributed by atoms with van der Waals surface area (Å²) in [6, 6.07) is 6.83. The number of carboxylic acids is 1. The highest BCUT2D eigenvalue weighted by molar-refractivity contribution is 5.90. The zero-order valence-corrected chi connectivity index (χ0v) is 12.4. The van der Waals surface area contributed by atoms with E-state index < -0.39 is 5.97 Å². The van der Waals surface area contributed by atoms with Crippen molar-refractivity contribution >= 4 is 17.7 Å². The quantitative estimate of drug-likeness (QED) is 0.798. The van der Waals surface area contributed by atoms with Crippen molar-refractivity contribution < 1.29 is 14.7 Å². The zero-order chi connectivity index (χ0) is 16.1. The molecule has 0 atom stereocenters. The van der Waals surface area contributed by atoms with Crippen molar-refractivity contribution in [2.45, 2.75) is 38.6 Å². The summed E-state index contributed by atoms with van der Waals surface area (Å²) < 4.78 is 0. The molecule has 6 nitrogen and oxygen atoms in total. The van der Waals surface area contributed by atoms with Crippen LogP contribution in [0.1, 0.15) is 36.8 Å². The van der Waals surface area contributed by atoms with E-state index in [-0.39, 0.29) is 18.0 Å². The van der Waals surface area contributed by atoms with Gasteiger partial charge in [-0.25, -0.2) is 4.79 Å². The average molecular weight is 301 g/mol. The van der Waals surface area contributed by atoms with Crippen molar-refractivity contribution in [2.24, 2.45) is 5.92 Å². The molecule has 1 aliphatic rings. The topological polar surface area (TPSA) is 102 Å².